The Morgan fingerprint density at radius 3 is 2.40 bits per heavy atom. The Bertz CT molecular complexity index is 903. The second-order valence-electron chi connectivity index (χ2n) is 7.00. The molecule has 0 radical (unpaired) electrons. The topological polar surface area (TPSA) is 92.6 Å². The van der Waals surface area contributed by atoms with Gasteiger partial charge in [0.2, 0.25) is 11.8 Å². The number of carbonyl (C=O) groups excluding carboxylic acids is 2. The lowest BCUT2D eigenvalue weighted by Gasteiger charge is -2.29. The van der Waals surface area contributed by atoms with E-state index in [0.717, 1.165) is 12.8 Å². The zero-order valence-electron chi connectivity index (χ0n) is 17.1. The fraction of sp³-hybridized carbons (Fsp3) is 0.364. The van der Waals surface area contributed by atoms with Crippen LogP contribution < -0.4 is 5.32 Å². The summed E-state index contributed by atoms with van der Waals surface area (Å²) in [6.45, 7) is 4.32. The first-order chi connectivity index (χ1) is 14.3. The van der Waals surface area contributed by atoms with Crippen LogP contribution in [0.15, 0.2) is 48.5 Å². The number of nitro groups is 1. The molecule has 0 aromatic heterocycles. The summed E-state index contributed by atoms with van der Waals surface area (Å²) in [5, 5.41) is 14.6. The van der Waals surface area contributed by atoms with Crippen LogP contribution in [0.25, 0.3) is 0 Å². The molecular formula is C22H26ClN3O4. The smallest absolute Gasteiger partial charge is 0.273 e. The van der Waals surface area contributed by atoms with Crippen LogP contribution in [0.5, 0.6) is 0 Å². The van der Waals surface area contributed by atoms with Crippen molar-refractivity contribution in [2.45, 2.75) is 45.7 Å². The molecule has 1 atom stereocenters. The van der Waals surface area contributed by atoms with Crippen molar-refractivity contribution in [3.8, 4) is 0 Å². The van der Waals surface area contributed by atoms with Gasteiger partial charge in [-0.1, -0.05) is 61.3 Å². The van der Waals surface area contributed by atoms with E-state index in [1.54, 1.807) is 49.4 Å². The summed E-state index contributed by atoms with van der Waals surface area (Å²) >= 11 is 6.26. The molecule has 0 heterocycles. The van der Waals surface area contributed by atoms with E-state index >= 15 is 0 Å². The third-order valence-corrected chi connectivity index (χ3v) is 5.19. The second kappa shape index (κ2) is 11.3. The molecule has 2 aromatic carbocycles. The Morgan fingerprint density at radius 2 is 1.77 bits per heavy atom. The molecule has 2 rings (SSSR count). The van der Waals surface area contributed by atoms with Crippen LogP contribution in [-0.2, 0) is 22.6 Å². The molecule has 0 fully saturated rings. The van der Waals surface area contributed by atoms with E-state index in [4.69, 9.17) is 11.6 Å². The van der Waals surface area contributed by atoms with Gasteiger partial charge in [0.1, 0.15) is 6.04 Å². The first-order valence-electron chi connectivity index (χ1n) is 9.88. The van der Waals surface area contributed by atoms with Crippen molar-refractivity contribution < 1.29 is 14.5 Å². The van der Waals surface area contributed by atoms with Crippen molar-refractivity contribution in [1.82, 2.24) is 10.2 Å². The van der Waals surface area contributed by atoms with Crippen LogP contribution in [0.4, 0.5) is 5.69 Å². The fourth-order valence-corrected chi connectivity index (χ4v) is 3.23. The van der Waals surface area contributed by atoms with Gasteiger partial charge in [0.15, 0.2) is 0 Å². The SMILES string of the molecule is CCCCNC(=O)[C@@H](C)N(Cc1ccccc1Cl)C(=O)Cc1ccccc1[N+](=O)[O-]. The van der Waals surface area contributed by atoms with Crippen LogP contribution in [-0.4, -0.2) is 34.2 Å². The van der Waals surface area contributed by atoms with Crippen molar-refractivity contribution >= 4 is 29.1 Å². The summed E-state index contributed by atoms with van der Waals surface area (Å²) in [7, 11) is 0. The Hall–Kier alpha value is -2.93. The highest BCUT2D eigenvalue weighted by Gasteiger charge is 2.28. The molecule has 0 aliphatic rings. The highest BCUT2D eigenvalue weighted by Crippen LogP contribution is 2.22. The molecule has 2 amide bonds. The standard InChI is InChI=1S/C22H26ClN3O4/c1-3-4-13-24-22(28)16(2)25(15-18-10-5-7-11-19(18)23)21(27)14-17-9-6-8-12-20(17)26(29)30/h5-12,16H,3-4,13-15H2,1-2H3,(H,24,28)/t16-/m1/s1. The number of carbonyl (C=O) groups is 2. The number of nitrogens with zero attached hydrogens (tertiary/aromatic N) is 2. The third kappa shape index (κ3) is 6.29. The molecule has 0 aliphatic heterocycles. The Labute approximate surface area is 181 Å². The average molecular weight is 432 g/mol. The van der Waals surface area contributed by atoms with Crippen LogP contribution in [0, 0.1) is 10.1 Å². The van der Waals surface area contributed by atoms with Gasteiger partial charge in [-0.15, -0.1) is 0 Å². The molecule has 7 nitrogen and oxygen atoms in total. The van der Waals surface area contributed by atoms with Gasteiger partial charge in [-0.2, -0.15) is 0 Å². The van der Waals surface area contributed by atoms with Gasteiger partial charge >= 0.3 is 0 Å². The van der Waals surface area contributed by atoms with E-state index in [0.29, 0.717) is 22.7 Å². The van der Waals surface area contributed by atoms with Crippen molar-refractivity contribution in [1.29, 1.82) is 0 Å². The summed E-state index contributed by atoms with van der Waals surface area (Å²) in [6.07, 6.45) is 1.59. The minimum Gasteiger partial charge on any atom is -0.354 e. The summed E-state index contributed by atoms with van der Waals surface area (Å²) in [5.74, 6) is -0.659. The number of nitro benzene ring substituents is 1. The zero-order chi connectivity index (χ0) is 22.1. The average Bonchev–Trinajstić information content (AvgIpc) is 2.73. The number of para-hydroxylation sites is 1. The molecule has 1 N–H and O–H groups in total. The molecule has 0 saturated carbocycles. The highest BCUT2D eigenvalue weighted by molar-refractivity contribution is 6.31. The van der Waals surface area contributed by atoms with Crippen molar-refractivity contribution in [3.05, 3.63) is 74.8 Å². The van der Waals surface area contributed by atoms with Gasteiger partial charge in [0.05, 0.1) is 11.3 Å². The van der Waals surface area contributed by atoms with Gasteiger partial charge in [-0.05, 0) is 25.0 Å². The first-order valence-corrected chi connectivity index (χ1v) is 10.3. The molecule has 8 heteroatoms. The van der Waals surface area contributed by atoms with Crippen LogP contribution in [0.1, 0.15) is 37.8 Å². The molecule has 0 unspecified atom stereocenters. The van der Waals surface area contributed by atoms with Crippen LogP contribution in [0.3, 0.4) is 0 Å². The maximum atomic E-state index is 13.2. The van der Waals surface area contributed by atoms with Crippen LogP contribution >= 0.6 is 11.6 Å². The summed E-state index contributed by atoms with van der Waals surface area (Å²) in [6, 6.07) is 12.4. The van der Waals surface area contributed by atoms with Gasteiger partial charge in [-0.25, -0.2) is 0 Å². The summed E-state index contributed by atoms with van der Waals surface area (Å²) < 4.78 is 0. The van der Waals surface area contributed by atoms with Gasteiger partial charge in [0, 0.05) is 29.7 Å². The zero-order valence-corrected chi connectivity index (χ0v) is 17.9. The lowest BCUT2D eigenvalue weighted by molar-refractivity contribution is -0.385. The number of halogens is 1. The highest BCUT2D eigenvalue weighted by atomic mass is 35.5. The van der Waals surface area contributed by atoms with Gasteiger partial charge in [-0.3, -0.25) is 19.7 Å². The Morgan fingerprint density at radius 1 is 1.13 bits per heavy atom. The number of unbranched alkanes of at least 4 members (excludes halogenated alkanes) is 1. The minimum absolute atomic E-state index is 0.122. The van der Waals surface area contributed by atoms with E-state index in [9.17, 15) is 19.7 Å². The van der Waals surface area contributed by atoms with Gasteiger partial charge in [0.25, 0.3) is 5.69 Å². The Balaban J connectivity index is 2.28. The van der Waals surface area contributed by atoms with Gasteiger partial charge < -0.3 is 10.2 Å². The number of hydrogen-bond acceptors (Lipinski definition) is 4. The number of amides is 2. The Kier molecular flexibility index (Phi) is 8.80. The van der Waals surface area contributed by atoms with E-state index in [2.05, 4.69) is 5.32 Å². The third-order valence-electron chi connectivity index (χ3n) is 4.83. The van der Waals surface area contributed by atoms with Crippen molar-refractivity contribution in [2.75, 3.05) is 6.54 Å². The number of rotatable bonds is 10. The van der Waals surface area contributed by atoms with E-state index in [-0.39, 0.29) is 30.5 Å². The normalized spacial score (nSPS) is 11.6. The summed E-state index contributed by atoms with van der Waals surface area (Å²) in [4.78, 5) is 38.0. The second-order valence-corrected chi connectivity index (χ2v) is 7.40. The molecule has 160 valence electrons. The molecule has 2 aromatic rings. The fourth-order valence-electron chi connectivity index (χ4n) is 3.03. The summed E-state index contributed by atoms with van der Waals surface area (Å²) in [5.41, 5.74) is 0.877. The molecule has 0 aliphatic carbocycles. The van der Waals surface area contributed by atoms with E-state index < -0.39 is 11.0 Å². The predicted octanol–water partition coefficient (Wildman–Crippen LogP) is 4.12. The predicted molar refractivity (Wildman–Crippen MR) is 116 cm³/mol. The molecule has 0 bridgehead atoms. The quantitative estimate of drug-likeness (QED) is 0.348. The first kappa shape index (κ1) is 23.3. The largest absolute Gasteiger partial charge is 0.354 e. The molecule has 0 spiro atoms. The van der Waals surface area contributed by atoms with Crippen molar-refractivity contribution in [3.63, 3.8) is 0 Å². The monoisotopic (exact) mass is 431 g/mol. The number of benzene rings is 2. The van der Waals surface area contributed by atoms with E-state index in [1.807, 2.05) is 6.92 Å². The van der Waals surface area contributed by atoms with Crippen LogP contribution in [0.2, 0.25) is 5.02 Å². The van der Waals surface area contributed by atoms with E-state index in [1.165, 1.54) is 11.0 Å². The maximum Gasteiger partial charge on any atom is 0.273 e. The lowest BCUT2D eigenvalue weighted by Crippen LogP contribution is -2.48. The molecule has 30 heavy (non-hydrogen) atoms. The maximum absolute atomic E-state index is 13.2. The minimum atomic E-state index is -0.756. The lowest BCUT2D eigenvalue weighted by atomic mass is 10.1. The van der Waals surface area contributed by atoms with Crippen molar-refractivity contribution in [2.24, 2.45) is 0 Å². The number of nitrogens with one attached hydrogen (secondary N) is 1. The molecular weight excluding hydrogens is 406 g/mol. The molecule has 0 saturated heterocycles. The number of hydrogen-bond donors (Lipinski definition) is 1.